The van der Waals surface area contributed by atoms with E-state index in [9.17, 15) is 0 Å². The highest BCUT2D eigenvalue weighted by molar-refractivity contribution is 6.21. The van der Waals surface area contributed by atoms with Gasteiger partial charge in [0.25, 0.3) is 0 Å². The summed E-state index contributed by atoms with van der Waals surface area (Å²) in [6.45, 7) is 4.95. The molecule has 0 aromatic heterocycles. The van der Waals surface area contributed by atoms with E-state index in [2.05, 4.69) is 9.80 Å². The molecule has 0 aromatic carbocycles. The molecule has 3 fully saturated rings. The Morgan fingerprint density at radius 1 is 0.867 bits per heavy atom. The van der Waals surface area contributed by atoms with E-state index in [4.69, 9.17) is 11.6 Å². The number of hydrogen-bond donors (Lipinski definition) is 0. The highest BCUT2D eigenvalue weighted by atomic mass is 35.5. The molecule has 15 heavy (non-hydrogen) atoms. The van der Waals surface area contributed by atoms with E-state index in [-0.39, 0.29) is 0 Å². The number of halogens is 1. The molecule has 2 unspecified atom stereocenters. The first kappa shape index (κ1) is 10.4. The number of hydrogen-bond acceptors (Lipinski definition) is 2. The average molecular weight is 229 g/mol. The monoisotopic (exact) mass is 228 g/mol. The van der Waals surface area contributed by atoms with Gasteiger partial charge in [0.15, 0.2) is 0 Å². The van der Waals surface area contributed by atoms with Crippen molar-refractivity contribution in [1.82, 2.24) is 9.80 Å². The maximum Gasteiger partial charge on any atom is 0.0478 e. The maximum atomic E-state index is 6.23. The summed E-state index contributed by atoms with van der Waals surface area (Å²) in [7, 11) is 0. The van der Waals surface area contributed by atoms with Crippen LogP contribution in [0.4, 0.5) is 0 Å². The van der Waals surface area contributed by atoms with Gasteiger partial charge in [0, 0.05) is 43.6 Å². The molecule has 3 rings (SSSR count). The fourth-order valence-corrected chi connectivity index (χ4v) is 3.99. The predicted molar refractivity (Wildman–Crippen MR) is 63.4 cm³/mol. The smallest absolute Gasteiger partial charge is 0.0478 e. The van der Waals surface area contributed by atoms with Crippen molar-refractivity contribution in [3.8, 4) is 0 Å². The fourth-order valence-electron chi connectivity index (χ4n) is 3.61. The van der Waals surface area contributed by atoms with Crippen LogP contribution in [0.5, 0.6) is 0 Å². The summed E-state index contributed by atoms with van der Waals surface area (Å²) in [4.78, 5) is 5.34. The first-order valence-electron chi connectivity index (χ1n) is 6.45. The fraction of sp³-hybridized carbons (Fsp3) is 1.00. The van der Waals surface area contributed by atoms with E-state index >= 15 is 0 Å². The van der Waals surface area contributed by atoms with Gasteiger partial charge in [0.2, 0.25) is 0 Å². The van der Waals surface area contributed by atoms with Crippen LogP contribution in [0.25, 0.3) is 0 Å². The maximum absolute atomic E-state index is 6.23. The Hall–Kier alpha value is 0.210. The van der Waals surface area contributed by atoms with Crippen LogP contribution in [0.3, 0.4) is 0 Å². The van der Waals surface area contributed by atoms with Crippen LogP contribution in [0.2, 0.25) is 0 Å². The summed E-state index contributed by atoms with van der Waals surface area (Å²) in [5, 5.41) is 0.415. The Balaban J connectivity index is 1.60. The Bertz CT molecular complexity index is 228. The molecule has 2 saturated heterocycles. The molecule has 86 valence electrons. The lowest BCUT2D eigenvalue weighted by Gasteiger charge is -2.40. The minimum atomic E-state index is 0.415. The first-order valence-corrected chi connectivity index (χ1v) is 6.89. The van der Waals surface area contributed by atoms with Crippen molar-refractivity contribution in [2.45, 2.75) is 49.6 Å². The van der Waals surface area contributed by atoms with Crippen molar-refractivity contribution in [3.63, 3.8) is 0 Å². The van der Waals surface area contributed by atoms with Crippen molar-refractivity contribution in [3.05, 3.63) is 0 Å². The van der Waals surface area contributed by atoms with Gasteiger partial charge in [-0.05, 0) is 19.3 Å². The van der Waals surface area contributed by atoms with Crippen LogP contribution in [0, 0.1) is 0 Å². The van der Waals surface area contributed by atoms with Crippen LogP contribution in [-0.2, 0) is 0 Å². The summed E-state index contributed by atoms with van der Waals surface area (Å²) in [6, 6.07) is 1.67. The summed E-state index contributed by atoms with van der Waals surface area (Å²) in [6.07, 6.45) is 7.00. The third-order valence-electron chi connectivity index (χ3n) is 4.44. The van der Waals surface area contributed by atoms with Gasteiger partial charge < -0.3 is 0 Å². The topological polar surface area (TPSA) is 6.48 Å². The lowest BCUT2D eigenvalue weighted by Crippen LogP contribution is -2.52. The van der Waals surface area contributed by atoms with E-state index < -0.39 is 0 Å². The highest BCUT2D eigenvalue weighted by Crippen LogP contribution is 2.30. The Morgan fingerprint density at radius 2 is 1.53 bits per heavy atom. The van der Waals surface area contributed by atoms with Gasteiger partial charge in [0.1, 0.15) is 0 Å². The highest BCUT2D eigenvalue weighted by Gasteiger charge is 2.37. The van der Waals surface area contributed by atoms with Crippen molar-refractivity contribution < 1.29 is 0 Å². The molecule has 3 aliphatic rings. The zero-order valence-corrected chi connectivity index (χ0v) is 10.1. The van der Waals surface area contributed by atoms with E-state index in [1.165, 1.54) is 51.7 Å². The second-order valence-electron chi connectivity index (χ2n) is 5.41. The van der Waals surface area contributed by atoms with Crippen LogP contribution in [0.15, 0.2) is 0 Å². The molecular weight excluding hydrogens is 208 g/mol. The third kappa shape index (κ3) is 2.04. The molecule has 2 nitrogen and oxygen atoms in total. The second kappa shape index (κ2) is 4.23. The molecule has 2 heterocycles. The number of rotatable bonds is 1. The Morgan fingerprint density at radius 3 is 2.27 bits per heavy atom. The van der Waals surface area contributed by atoms with Crippen molar-refractivity contribution in [2.24, 2.45) is 0 Å². The largest absolute Gasteiger partial charge is 0.298 e. The molecule has 0 aromatic rings. The van der Waals surface area contributed by atoms with Gasteiger partial charge in [0.05, 0.1) is 0 Å². The van der Waals surface area contributed by atoms with Crippen LogP contribution in [0.1, 0.15) is 32.1 Å². The molecule has 1 saturated carbocycles. The molecular formula is C12H21ClN2. The van der Waals surface area contributed by atoms with E-state index in [0.717, 1.165) is 18.6 Å². The standard InChI is InChI=1S/C12H21ClN2/c13-10-7-12-9-15(6-5-14(12)8-10)11-3-1-2-4-11/h10-12H,1-9H2. The van der Waals surface area contributed by atoms with E-state index in [1.54, 1.807) is 0 Å². The van der Waals surface area contributed by atoms with Crippen LogP contribution >= 0.6 is 11.6 Å². The molecule has 2 aliphatic heterocycles. The van der Waals surface area contributed by atoms with Gasteiger partial charge in [-0.3, -0.25) is 9.80 Å². The van der Waals surface area contributed by atoms with Crippen molar-refractivity contribution in [1.29, 1.82) is 0 Å². The van der Waals surface area contributed by atoms with Gasteiger partial charge in [-0.2, -0.15) is 0 Å². The van der Waals surface area contributed by atoms with Gasteiger partial charge >= 0.3 is 0 Å². The van der Waals surface area contributed by atoms with Crippen LogP contribution in [-0.4, -0.2) is 53.4 Å². The molecule has 1 aliphatic carbocycles. The third-order valence-corrected chi connectivity index (χ3v) is 4.75. The number of alkyl halides is 1. The van der Waals surface area contributed by atoms with Crippen LogP contribution < -0.4 is 0 Å². The van der Waals surface area contributed by atoms with E-state index in [0.29, 0.717) is 5.38 Å². The lowest BCUT2D eigenvalue weighted by molar-refractivity contribution is 0.0735. The minimum absolute atomic E-state index is 0.415. The first-order chi connectivity index (χ1) is 7.33. The van der Waals surface area contributed by atoms with E-state index in [1.807, 2.05) is 0 Å². The van der Waals surface area contributed by atoms with Gasteiger partial charge in [-0.25, -0.2) is 0 Å². The van der Waals surface area contributed by atoms with Crippen molar-refractivity contribution in [2.75, 3.05) is 26.2 Å². The Kier molecular flexibility index (Phi) is 2.92. The second-order valence-corrected chi connectivity index (χ2v) is 6.03. The molecule has 0 spiro atoms. The Labute approximate surface area is 97.6 Å². The summed E-state index contributed by atoms with van der Waals surface area (Å²) in [5.41, 5.74) is 0. The molecule has 0 N–H and O–H groups in total. The summed E-state index contributed by atoms with van der Waals surface area (Å²) in [5.74, 6) is 0. The lowest BCUT2D eigenvalue weighted by atomic mass is 10.1. The van der Waals surface area contributed by atoms with Gasteiger partial charge in [-0.1, -0.05) is 12.8 Å². The number of fused-ring (bicyclic) bond motifs is 1. The minimum Gasteiger partial charge on any atom is -0.298 e. The summed E-state index contributed by atoms with van der Waals surface area (Å²) < 4.78 is 0. The molecule has 2 atom stereocenters. The van der Waals surface area contributed by atoms with Crippen molar-refractivity contribution >= 4 is 11.6 Å². The average Bonchev–Trinajstić information content (AvgIpc) is 2.82. The normalized spacial score (nSPS) is 39.8. The predicted octanol–water partition coefficient (Wildman–Crippen LogP) is 1.93. The molecule has 3 heteroatoms. The number of piperazine rings is 1. The SMILES string of the molecule is ClC1CC2CN(C3CCCC3)CCN2C1. The quantitative estimate of drug-likeness (QED) is 0.633. The molecule has 0 radical (unpaired) electrons. The number of nitrogens with zero attached hydrogens (tertiary/aromatic N) is 2. The zero-order valence-electron chi connectivity index (χ0n) is 9.37. The zero-order chi connectivity index (χ0) is 10.3. The molecule has 0 amide bonds. The van der Waals surface area contributed by atoms with Gasteiger partial charge in [-0.15, -0.1) is 11.6 Å². The summed E-state index contributed by atoms with van der Waals surface area (Å²) >= 11 is 6.23. The molecule has 0 bridgehead atoms.